The fraction of sp³-hybridized carbons (Fsp3) is 0.0625. The molecule has 102 valence electrons. The number of hydrogen-bond acceptors (Lipinski definition) is 3. The lowest BCUT2D eigenvalue weighted by Crippen LogP contribution is -2.12. The van der Waals surface area contributed by atoms with Gasteiger partial charge in [-0.25, -0.2) is 4.98 Å². The molecule has 3 rings (SSSR count). The highest BCUT2D eigenvalue weighted by Gasteiger charge is 2.10. The number of rotatable bonds is 2. The number of nitriles is 1. The summed E-state index contributed by atoms with van der Waals surface area (Å²) in [6, 6.07) is 10.6. The van der Waals surface area contributed by atoms with Gasteiger partial charge in [-0.15, -0.1) is 0 Å². The molecule has 21 heavy (non-hydrogen) atoms. The number of aryl methyl sites for hydroxylation is 1. The van der Waals surface area contributed by atoms with Crippen LogP contribution in [-0.4, -0.2) is 15.9 Å². The van der Waals surface area contributed by atoms with Crippen LogP contribution >= 0.6 is 0 Å². The summed E-state index contributed by atoms with van der Waals surface area (Å²) in [5, 5.41) is 12.6. The maximum absolute atomic E-state index is 12.2. The average Bonchev–Trinajstić information content (AvgIpc) is 2.88. The minimum atomic E-state index is -0.250. The molecule has 0 spiro atoms. The molecule has 0 aliphatic rings. The van der Waals surface area contributed by atoms with Crippen LogP contribution in [0.15, 0.2) is 42.7 Å². The number of hydrogen-bond donors (Lipinski definition) is 2. The first-order valence-electron chi connectivity index (χ1n) is 6.42. The van der Waals surface area contributed by atoms with Gasteiger partial charge in [0.2, 0.25) is 0 Å². The molecule has 3 aromatic rings. The van der Waals surface area contributed by atoms with E-state index in [1.165, 1.54) is 6.20 Å². The van der Waals surface area contributed by atoms with Gasteiger partial charge in [-0.1, -0.05) is 6.07 Å². The summed E-state index contributed by atoms with van der Waals surface area (Å²) in [6.07, 6.45) is 3.39. The summed E-state index contributed by atoms with van der Waals surface area (Å²) in [7, 11) is 0. The van der Waals surface area contributed by atoms with Crippen molar-refractivity contribution in [3.63, 3.8) is 0 Å². The van der Waals surface area contributed by atoms with E-state index in [4.69, 9.17) is 5.26 Å². The van der Waals surface area contributed by atoms with E-state index in [0.29, 0.717) is 16.8 Å². The van der Waals surface area contributed by atoms with Gasteiger partial charge < -0.3 is 10.3 Å². The van der Waals surface area contributed by atoms with E-state index in [1.54, 1.807) is 30.3 Å². The molecule has 0 atom stereocenters. The highest BCUT2D eigenvalue weighted by Crippen LogP contribution is 2.18. The van der Waals surface area contributed by atoms with Crippen molar-refractivity contribution in [1.29, 1.82) is 5.26 Å². The maximum atomic E-state index is 12.2. The normalized spacial score (nSPS) is 10.3. The molecular formula is C16H12N4O. The number of aromatic amines is 1. The van der Waals surface area contributed by atoms with Crippen LogP contribution in [0.25, 0.3) is 11.0 Å². The van der Waals surface area contributed by atoms with Gasteiger partial charge in [-0.05, 0) is 36.8 Å². The maximum Gasteiger partial charge on any atom is 0.257 e. The number of carbonyl (C=O) groups is 1. The fourth-order valence-electron chi connectivity index (χ4n) is 2.13. The number of amides is 1. The van der Waals surface area contributed by atoms with Gasteiger partial charge in [-0.3, -0.25) is 4.79 Å². The second-order valence-electron chi connectivity index (χ2n) is 4.74. The molecule has 2 heterocycles. The van der Waals surface area contributed by atoms with E-state index in [-0.39, 0.29) is 5.91 Å². The largest absolute Gasteiger partial charge is 0.346 e. The summed E-state index contributed by atoms with van der Waals surface area (Å²) in [5.74, 6) is -0.250. The molecule has 0 unspecified atom stereocenters. The van der Waals surface area contributed by atoms with Gasteiger partial charge in [0.15, 0.2) is 0 Å². The van der Waals surface area contributed by atoms with E-state index >= 15 is 0 Å². The van der Waals surface area contributed by atoms with Crippen LogP contribution in [-0.2, 0) is 0 Å². The summed E-state index contributed by atoms with van der Waals surface area (Å²) < 4.78 is 0. The zero-order chi connectivity index (χ0) is 14.8. The Labute approximate surface area is 121 Å². The highest BCUT2D eigenvalue weighted by atomic mass is 16.1. The molecule has 0 saturated heterocycles. The Kier molecular flexibility index (Phi) is 3.13. The van der Waals surface area contributed by atoms with Crippen molar-refractivity contribution >= 4 is 22.6 Å². The number of carbonyl (C=O) groups excluding carboxylic acids is 1. The molecule has 5 nitrogen and oxygen atoms in total. The summed E-state index contributed by atoms with van der Waals surface area (Å²) in [4.78, 5) is 19.5. The highest BCUT2D eigenvalue weighted by molar-refractivity contribution is 6.05. The standard InChI is InChI=1S/C16H12N4O/c1-10-8-18-15-14(10)6-12(9-19-15)16(21)20-13-4-2-3-11(5-13)7-17/h2-6,8-9H,1H3,(H,18,19)(H,20,21). The van der Waals surface area contributed by atoms with Crippen molar-refractivity contribution in [3.8, 4) is 6.07 Å². The average molecular weight is 276 g/mol. The molecule has 0 bridgehead atoms. The number of anilines is 1. The zero-order valence-electron chi connectivity index (χ0n) is 11.3. The Morgan fingerprint density at radius 3 is 3.05 bits per heavy atom. The van der Waals surface area contributed by atoms with Gasteiger partial charge >= 0.3 is 0 Å². The monoisotopic (exact) mass is 276 g/mol. The van der Waals surface area contributed by atoms with Crippen LogP contribution in [0.3, 0.4) is 0 Å². The van der Waals surface area contributed by atoms with Crippen molar-refractivity contribution in [3.05, 3.63) is 59.4 Å². The minimum absolute atomic E-state index is 0.250. The molecule has 1 aromatic carbocycles. The topological polar surface area (TPSA) is 81.6 Å². The molecular weight excluding hydrogens is 264 g/mol. The number of fused-ring (bicyclic) bond motifs is 1. The third-order valence-corrected chi connectivity index (χ3v) is 3.25. The van der Waals surface area contributed by atoms with Crippen molar-refractivity contribution < 1.29 is 4.79 Å². The first-order chi connectivity index (χ1) is 10.2. The molecule has 1 amide bonds. The molecule has 5 heteroatoms. The van der Waals surface area contributed by atoms with Crippen molar-refractivity contribution in [1.82, 2.24) is 9.97 Å². The number of nitrogens with zero attached hydrogens (tertiary/aromatic N) is 2. The Hall–Kier alpha value is -3.13. The van der Waals surface area contributed by atoms with Crippen molar-refractivity contribution in [2.75, 3.05) is 5.32 Å². The lowest BCUT2D eigenvalue weighted by Gasteiger charge is -2.05. The minimum Gasteiger partial charge on any atom is -0.346 e. The lowest BCUT2D eigenvalue weighted by molar-refractivity contribution is 0.102. The number of nitrogens with one attached hydrogen (secondary N) is 2. The SMILES string of the molecule is Cc1c[nH]c2ncc(C(=O)Nc3cccc(C#N)c3)cc12. The predicted molar refractivity (Wildman–Crippen MR) is 79.9 cm³/mol. The van der Waals surface area contributed by atoms with Crippen LogP contribution in [0, 0.1) is 18.3 Å². The Morgan fingerprint density at radius 1 is 1.38 bits per heavy atom. The smallest absolute Gasteiger partial charge is 0.257 e. The van der Waals surface area contributed by atoms with E-state index in [1.807, 2.05) is 19.2 Å². The van der Waals surface area contributed by atoms with Gasteiger partial charge in [0.25, 0.3) is 5.91 Å². The first-order valence-corrected chi connectivity index (χ1v) is 6.42. The van der Waals surface area contributed by atoms with Crippen molar-refractivity contribution in [2.24, 2.45) is 0 Å². The van der Waals surface area contributed by atoms with Gasteiger partial charge in [-0.2, -0.15) is 5.26 Å². The van der Waals surface area contributed by atoms with Crippen LogP contribution in [0.2, 0.25) is 0 Å². The summed E-state index contributed by atoms with van der Waals surface area (Å²) >= 11 is 0. The lowest BCUT2D eigenvalue weighted by atomic mass is 10.1. The van der Waals surface area contributed by atoms with Crippen LogP contribution in [0.5, 0.6) is 0 Å². The van der Waals surface area contributed by atoms with Crippen LogP contribution < -0.4 is 5.32 Å². The molecule has 0 aliphatic carbocycles. The van der Waals surface area contributed by atoms with Crippen LogP contribution in [0.4, 0.5) is 5.69 Å². The van der Waals surface area contributed by atoms with Gasteiger partial charge in [0.05, 0.1) is 17.2 Å². The number of H-pyrrole nitrogens is 1. The molecule has 0 aliphatic heterocycles. The first kappa shape index (κ1) is 12.9. The Morgan fingerprint density at radius 2 is 2.24 bits per heavy atom. The summed E-state index contributed by atoms with van der Waals surface area (Å²) in [5.41, 5.74) is 3.37. The van der Waals surface area contributed by atoms with E-state index in [0.717, 1.165) is 16.6 Å². The third kappa shape index (κ3) is 2.47. The quantitative estimate of drug-likeness (QED) is 0.754. The Bertz CT molecular complexity index is 873. The summed E-state index contributed by atoms with van der Waals surface area (Å²) in [6.45, 7) is 1.96. The van der Waals surface area contributed by atoms with Gasteiger partial charge in [0, 0.05) is 23.5 Å². The zero-order valence-corrected chi connectivity index (χ0v) is 11.3. The molecule has 2 aromatic heterocycles. The fourth-order valence-corrected chi connectivity index (χ4v) is 2.13. The molecule has 0 saturated carbocycles. The second-order valence-corrected chi connectivity index (χ2v) is 4.74. The second kappa shape index (κ2) is 5.10. The predicted octanol–water partition coefficient (Wildman–Crippen LogP) is 3.00. The number of aromatic nitrogens is 2. The molecule has 0 radical (unpaired) electrons. The number of pyridine rings is 1. The van der Waals surface area contributed by atoms with Gasteiger partial charge in [0.1, 0.15) is 5.65 Å². The van der Waals surface area contributed by atoms with E-state index < -0.39 is 0 Å². The van der Waals surface area contributed by atoms with Crippen molar-refractivity contribution in [2.45, 2.75) is 6.92 Å². The van der Waals surface area contributed by atoms with E-state index in [2.05, 4.69) is 15.3 Å². The van der Waals surface area contributed by atoms with E-state index in [9.17, 15) is 4.79 Å². The number of benzene rings is 1. The molecule has 2 N–H and O–H groups in total. The third-order valence-electron chi connectivity index (χ3n) is 3.25. The Balaban J connectivity index is 1.89. The molecule has 0 fully saturated rings. The van der Waals surface area contributed by atoms with Crippen LogP contribution in [0.1, 0.15) is 21.5 Å².